The highest BCUT2D eigenvalue weighted by molar-refractivity contribution is 5.98. The number of hydrogen-bond donors (Lipinski definition) is 3. The van der Waals surface area contributed by atoms with Crippen LogP contribution < -0.4 is 11.1 Å². The number of carbonyl (C=O) groups is 1. The molecule has 0 saturated carbocycles. The van der Waals surface area contributed by atoms with Crippen molar-refractivity contribution in [2.45, 2.75) is 39.7 Å². The molecule has 98 valence electrons. The van der Waals surface area contributed by atoms with Gasteiger partial charge in [-0.25, -0.2) is 0 Å². The molecular weight excluding hydrogens is 228 g/mol. The number of nitrogen functional groups attached to an aromatic ring is 1. The summed E-state index contributed by atoms with van der Waals surface area (Å²) in [5, 5.41) is 9.48. The molecule has 1 unspecified atom stereocenters. The maximum absolute atomic E-state index is 12.0. The van der Waals surface area contributed by atoms with Crippen molar-refractivity contribution in [1.29, 1.82) is 0 Å². The van der Waals surface area contributed by atoms with Crippen molar-refractivity contribution < 1.29 is 4.79 Å². The molecule has 1 amide bonds. The van der Waals surface area contributed by atoms with Gasteiger partial charge in [0.1, 0.15) is 0 Å². The summed E-state index contributed by atoms with van der Waals surface area (Å²) in [5.41, 5.74) is 7.31. The number of rotatable bonds is 5. The minimum atomic E-state index is -0.331. The lowest BCUT2D eigenvalue weighted by Crippen LogP contribution is -2.37. The number of H-pyrrole nitrogens is 1. The van der Waals surface area contributed by atoms with Crippen LogP contribution in [0.5, 0.6) is 0 Å². The number of hydrogen-bond acceptors (Lipinski definition) is 3. The third-order valence-electron chi connectivity index (χ3n) is 2.73. The average Bonchev–Trinajstić information content (AvgIpc) is 2.68. The van der Waals surface area contributed by atoms with Crippen molar-refractivity contribution in [1.82, 2.24) is 15.5 Å². The van der Waals surface area contributed by atoms with Gasteiger partial charge in [-0.05, 0) is 12.3 Å². The zero-order valence-corrected chi connectivity index (χ0v) is 11.1. The molecule has 0 fully saturated rings. The Morgan fingerprint density at radius 2 is 2.28 bits per heavy atom. The van der Waals surface area contributed by atoms with Crippen LogP contribution in [0.4, 0.5) is 5.69 Å². The van der Waals surface area contributed by atoms with Crippen LogP contribution in [-0.4, -0.2) is 22.1 Å². The second-order valence-electron chi connectivity index (χ2n) is 4.58. The van der Waals surface area contributed by atoms with Crippen LogP contribution in [0.2, 0.25) is 0 Å². The molecular formula is C13H20N4O. The van der Waals surface area contributed by atoms with Crippen molar-refractivity contribution in [3.8, 4) is 12.3 Å². The highest BCUT2D eigenvalue weighted by atomic mass is 16.2. The molecule has 0 aromatic carbocycles. The number of aromatic amines is 1. The quantitative estimate of drug-likeness (QED) is 0.687. The van der Waals surface area contributed by atoms with E-state index in [1.54, 1.807) is 0 Å². The molecule has 0 aliphatic carbocycles. The summed E-state index contributed by atoms with van der Waals surface area (Å²) in [5.74, 6) is 2.37. The lowest BCUT2D eigenvalue weighted by molar-refractivity contribution is 0.0934. The number of nitrogens with two attached hydrogens (primary N) is 1. The Bertz CT molecular complexity index is 456. The molecule has 1 aromatic heterocycles. The molecule has 0 saturated heterocycles. The Labute approximate surface area is 108 Å². The molecule has 1 heterocycles. The van der Waals surface area contributed by atoms with Gasteiger partial charge in [0.2, 0.25) is 0 Å². The summed E-state index contributed by atoms with van der Waals surface area (Å²) in [7, 11) is 0. The van der Waals surface area contributed by atoms with Crippen LogP contribution in [0.1, 0.15) is 43.4 Å². The van der Waals surface area contributed by atoms with Gasteiger partial charge in [-0.2, -0.15) is 5.10 Å². The van der Waals surface area contributed by atoms with E-state index in [4.69, 9.17) is 12.2 Å². The number of nitrogens with one attached hydrogen (secondary N) is 2. The normalized spacial score (nSPS) is 12.2. The lowest BCUT2D eigenvalue weighted by Gasteiger charge is -2.15. The van der Waals surface area contributed by atoms with Gasteiger partial charge < -0.3 is 11.1 Å². The van der Waals surface area contributed by atoms with Crippen LogP contribution in [0.15, 0.2) is 0 Å². The Hall–Kier alpha value is -1.96. The molecule has 5 heteroatoms. The minimum absolute atomic E-state index is 0.161. The molecule has 0 spiro atoms. The molecule has 0 aliphatic heterocycles. The van der Waals surface area contributed by atoms with Gasteiger partial charge in [-0.15, -0.1) is 6.42 Å². The molecule has 0 bridgehead atoms. The number of amides is 1. The SMILES string of the molecule is C#CC(NC(=O)c1n[nH]c(CCC)c1N)C(C)C. The number of anilines is 1. The first-order chi connectivity index (χ1) is 8.51. The average molecular weight is 248 g/mol. The Morgan fingerprint density at radius 3 is 2.78 bits per heavy atom. The van der Waals surface area contributed by atoms with Crippen LogP contribution in [0.3, 0.4) is 0 Å². The van der Waals surface area contributed by atoms with E-state index in [9.17, 15) is 4.79 Å². The Kier molecular flexibility index (Phi) is 4.78. The van der Waals surface area contributed by atoms with Gasteiger partial charge >= 0.3 is 0 Å². The minimum Gasteiger partial charge on any atom is -0.395 e. The molecule has 0 aliphatic rings. The topological polar surface area (TPSA) is 83.8 Å². The fraction of sp³-hybridized carbons (Fsp3) is 0.538. The van der Waals surface area contributed by atoms with Gasteiger partial charge in [0, 0.05) is 0 Å². The Morgan fingerprint density at radius 1 is 1.61 bits per heavy atom. The number of terminal acetylenes is 1. The molecule has 1 aromatic rings. The van der Waals surface area contributed by atoms with E-state index in [-0.39, 0.29) is 23.6 Å². The predicted octanol–water partition coefficient (Wildman–Crippen LogP) is 1.33. The summed E-state index contributed by atoms with van der Waals surface area (Å²) in [6.45, 7) is 5.93. The van der Waals surface area contributed by atoms with Crippen LogP contribution >= 0.6 is 0 Å². The van der Waals surface area contributed by atoms with E-state index in [1.807, 2.05) is 20.8 Å². The summed E-state index contributed by atoms with van der Waals surface area (Å²) in [4.78, 5) is 12.0. The van der Waals surface area contributed by atoms with Crippen molar-refractivity contribution in [3.63, 3.8) is 0 Å². The maximum atomic E-state index is 12.0. The van der Waals surface area contributed by atoms with E-state index in [2.05, 4.69) is 21.4 Å². The smallest absolute Gasteiger partial charge is 0.274 e. The van der Waals surface area contributed by atoms with Crippen LogP contribution in [0.25, 0.3) is 0 Å². The molecule has 1 atom stereocenters. The molecule has 1 rings (SSSR count). The number of aromatic nitrogens is 2. The van der Waals surface area contributed by atoms with Crippen molar-refractivity contribution in [2.75, 3.05) is 5.73 Å². The first kappa shape index (κ1) is 14.1. The summed E-state index contributed by atoms with van der Waals surface area (Å²) >= 11 is 0. The maximum Gasteiger partial charge on any atom is 0.274 e. The van der Waals surface area contributed by atoms with Gasteiger partial charge in [0.25, 0.3) is 5.91 Å². The highest BCUT2D eigenvalue weighted by Crippen LogP contribution is 2.15. The molecule has 18 heavy (non-hydrogen) atoms. The summed E-state index contributed by atoms with van der Waals surface area (Å²) in [6, 6.07) is -0.316. The second-order valence-corrected chi connectivity index (χ2v) is 4.58. The van der Waals surface area contributed by atoms with Gasteiger partial charge in [-0.1, -0.05) is 33.1 Å². The molecule has 0 radical (unpaired) electrons. The third-order valence-corrected chi connectivity index (χ3v) is 2.73. The van der Waals surface area contributed by atoms with Crippen LogP contribution in [-0.2, 0) is 6.42 Å². The number of nitrogens with zero attached hydrogens (tertiary/aromatic N) is 1. The largest absolute Gasteiger partial charge is 0.395 e. The zero-order valence-electron chi connectivity index (χ0n) is 11.1. The summed E-state index contributed by atoms with van der Waals surface area (Å²) < 4.78 is 0. The van der Waals surface area contributed by atoms with Gasteiger partial charge in [-0.3, -0.25) is 9.89 Å². The first-order valence-corrected chi connectivity index (χ1v) is 6.10. The second kappa shape index (κ2) is 6.10. The van der Waals surface area contributed by atoms with E-state index in [1.165, 1.54) is 0 Å². The lowest BCUT2D eigenvalue weighted by atomic mass is 10.1. The van der Waals surface area contributed by atoms with E-state index < -0.39 is 0 Å². The molecule has 5 nitrogen and oxygen atoms in total. The number of aryl methyl sites for hydroxylation is 1. The first-order valence-electron chi connectivity index (χ1n) is 6.10. The number of carbonyl (C=O) groups excluding carboxylic acids is 1. The Balaban J connectivity index is 2.82. The van der Waals surface area contributed by atoms with E-state index in [0.717, 1.165) is 18.5 Å². The predicted molar refractivity (Wildman–Crippen MR) is 71.9 cm³/mol. The summed E-state index contributed by atoms with van der Waals surface area (Å²) in [6.07, 6.45) is 7.08. The molecule has 4 N–H and O–H groups in total. The van der Waals surface area contributed by atoms with Crippen molar-refractivity contribution >= 4 is 11.6 Å². The van der Waals surface area contributed by atoms with E-state index >= 15 is 0 Å². The van der Waals surface area contributed by atoms with Gasteiger partial charge in [0.15, 0.2) is 5.69 Å². The monoisotopic (exact) mass is 248 g/mol. The highest BCUT2D eigenvalue weighted by Gasteiger charge is 2.20. The van der Waals surface area contributed by atoms with Crippen LogP contribution in [0, 0.1) is 18.3 Å². The zero-order chi connectivity index (χ0) is 13.7. The third kappa shape index (κ3) is 3.04. The fourth-order valence-electron chi connectivity index (χ4n) is 1.61. The van der Waals surface area contributed by atoms with Crippen molar-refractivity contribution in [2.24, 2.45) is 5.92 Å². The van der Waals surface area contributed by atoms with Gasteiger partial charge in [0.05, 0.1) is 17.4 Å². The fourth-order valence-corrected chi connectivity index (χ4v) is 1.61. The van der Waals surface area contributed by atoms with Crippen molar-refractivity contribution in [3.05, 3.63) is 11.4 Å². The van der Waals surface area contributed by atoms with E-state index in [0.29, 0.717) is 5.69 Å². The standard InChI is InChI=1S/C13H20N4O/c1-5-7-10-11(14)12(17-16-10)13(18)15-9(6-2)8(3)4/h2,8-9H,5,7,14H2,1,3-4H3,(H,15,18)(H,16,17).